The van der Waals surface area contributed by atoms with Crippen LogP contribution in [0.15, 0.2) is 18.2 Å². The summed E-state index contributed by atoms with van der Waals surface area (Å²) in [5.41, 5.74) is 2.18. The van der Waals surface area contributed by atoms with Gasteiger partial charge >= 0.3 is 0 Å². The third-order valence-electron chi connectivity index (χ3n) is 3.68. The van der Waals surface area contributed by atoms with Crippen molar-refractivity contribution >= 4 is 28.5 Å². The first-order chi connectivity index (χ1) is 10.8. The van der Waals surface area contributed by atoms with E-state index in [4.69, 9.17) is 14.5 Å². The maximum Gasteiger partial charge on any atom is 0.167 e. The highest BCUT2D eigenvalue weighted by Gasteiger charge is 2.12. The number of thiazole rings is 1. The van der Waals surface area contributed by atoms with Crippen molar-refractivity contribution < 1.29 is 9.47 Å². The number of aromatic nitrogens is 1. The topological polar surface area (TPSA) is 43.4 Å². The lowest BCUT2D eigenvalue weighted by Gasteiger charge is -2.09. The molecule has 0 atom stereocenters. The van der Waals surface area contributed by atoms with Gasteiger partial charge in [-0.25, -0.2) is 4.98 Å². The lowest BCUT2D eigenvalue weighted by Crippen LogP contribution is -1.96. The van der Waals surface area contributed by atoms with Crippen molar-refractivity contribution in [2.24, 2.45) is 0 Å². The van der Waals surface area contributed by atoms with Crippen LogP contribution in [-0.2, 0) is 6.42 Å². The molecule has 2 aromatic rings. The van der Waals surface area contributed by atoms with Crippen molar-refractivity contribution in [3.8, 4) is 11.5 Å². The van der Waals surface area contributed by atoms with E-state index in [9.17, 15) is 0 Å². The molecule has 22 heavy (non-hydrogen) atoms. The molecule has 0 fully saturated rings. The number of hydrogen-bond acceptors (Lipinski definition) is 5. The molecule has 0 saturated heterocycles. The molecule has 5 heteroatoms. The number of hydrogen-bond donors (Lipinski definition) is 1. The van der Waals surface area contributed by atoms with Crippen molar-refractivity contribution in [3.05, 3.63) is 34.5 Å². The molecule has 1 aliphatic heterocycles. The average molecular weight is 316 g/mol. The van der Waals surface area contributed by atoms with Gasteiger partial charge in [0.2, 0.25) is 0 Å². The lowest BCUT2D eigenvalue weighted by atomic mass is 10.1. The first-order valence-corrected chi connectivity index (χ1v) is 8.26. The number of rotatable bonds is 4. The third kappa shape index (κ3) is 3.09. The van der Waals surface area contributed by atoms with Gasteiger partial charge in [-0.05, 0) is 37.5 Å². The molecule has 0 saturated carbocycles. The number of ether oxygens (including phenoxy) is 2. The Morgan fingerprint density at radius 1 is 1.18 bits per heavy atom. The van der Waals surface area contributed by atoms with Crippen molar-refractivity contribution in [1.29, 1.82) is 0 Å². The summed E-state index contributed by atoms with van der Waals surface area (Å²) in [5.74, 6) is 1.48. The Hall–Kier alpha value is -2.01. The fourth-order valence-electron chi connectivity index (χ4n) is 2.57. The van der Waals surface area contributed by atoms with Crippen LogP contribution in [-0.4, -0.2) is 25.7 Å². The minimum atomic E-state index is 0.737. The van der Waals surface area contributed by atoms with Gasteiger partial charge < -0.3 is 14.8 Å². The van der Waals surface area contributed by atoms with Gasteiger partial charge in [-0.15, -0.1) is 0 Å². The minimum absolute atomic E-state index is 0.737. The second-order valence-electron chi connectivity index (χ2n) is 5.13. The van der Waals surface area contributed by atoms with Gasteiger partial charge in [0.25, 0.3) is 0 Å². The molecular formula is C17H20N2O2S. The third-order valence-corrected chi connectivity index (χ3v) is 4.70. The molecule has 1 aromatic heterocycles. The molecule has 2 heterocycles. The van der Waals surface area contributed by atoms with Crippen molar-refractivity contribution in [1.82, 2.24) is 4.98 Å². The summed E-state index contributed by atoms with van der Waals surface area (Å²) in [5, 5.41) is 5.70. The van der Waals surface area contributed by atoms with Crippen LogP contribution >= 0.6 is 11.3 Å². The van der Waals surface area contributed by atoms with E-state index in [1.807, 2.05) is 30.4 Å². The number of nitrogens with one attached hydrogen (secondary N) is 1. The van der Waals surface area contributed by atoms with Gasteiger partial charge in [-0.3, -0.25) is 0 Å². The SMILES string of the molecule is COc1cccc(/C=C/c2nc3c(s2)NCCCC3)c1OC. The maximum atomic E-state index is 5.45. The van der Waals surface area contributed by atoms with Crippen LogP contribution in [0.25, 0.3) is 12.2 Å². The molecule has 0 amide bonds. The van der Waals surface area contributed by atoms with Gasteiger partial charge in [-0.1, -0.05) is 23.5 Å². The van der Waals surface area contributed by atoms with Gasteiger partial charge in [-0.2, -0.15) is 0 Å². The lowest BCUT2D eigenvalue weighted by molar-refractivity contribution is 0.354. The monoisotopic (exact) mass is 316 g/mol. The zero-order valence-corrected chi connectivity index (χ0v) is 13.7. The average Bonchev–Trinajstić information content (AvgIpc) is 2.81. The Labute approximate surface area is 134 Å². The van der Waals surface area contributed by atoms with Crippen molar-refractivity contribution in [2.45, 2.75) is 19.3 Å². The smallest absolute Gasteiger partial charge is 0.167 e. The molecule has 116 valence electrons. The molecule has 3 rings (SSSR count). The van der Waals surface area contributed by atoms with Crippen LogP contribution in [0.4, 0.5) is 5.00 Å². The largest absolute Gasteiger partial charge is 0.493 e. The van der Waals surface area contributed by atoms with Crippen LogP contribution < -0.4 is 14.8 Å². The number of methoxy groups -OCH3 is 2. The number of nitrogens with zero attached hydrogens (tertiary/aromatic N) is 1. The molecule has 0 aliphatic carbocycles. The van der Waals surface area contributed by atoms with Gasteiger partial charge in [0, 0.05) is 12.1 Å². The Morgan fingerprint density at radius 2 is 2.09 bits per heavy atom. The first kappa shape index (κ1) is 14.9. The number of benzene rings is 1. The molecule has 0 unspecified atom stereocenters. The van der Waals surface area contributed by atoms with Crippen LogP contribution in [0.1, 0.15) is 29.1 Å². The quantitative estimate of drug-likeness (QED) is 0.923. The summed E-state index contributed by atoms with van der Waals surface area (Å²) in [6.45, 7) is 1.04. The molecule has 1 aromatic carbocycles. The number of fused-ring (bicyclic) bond motifs is 1. The molecule has 0 bridgehead atoms. The summed E-state index contributed by atoms with van der Waals surface area (Å²) in [7, 11) is 3.31. The zero-order chi connectivity index (χ0) is 15.4. The Morgan fingerprint density at radius 3 is 2.91 bits per heavy atom. The summed E-state index contributed by atoms with van der Waals surface area (Å²) in [6, 6.07) is 5.86. The van der Waals surface area contributed by atoms with E-state index in [0.29, 0.717) is 0 Å². The van der Waals surface area contributed by atoms with E-state index in [-0.39, 0.29) is 0 Å². The van der Waals surface area contributed by atoms with E-state index in [2.05, 4.69) is 5.32 Å². The molecule has 1 aliphatic rings. The Bertz CT molecular complexity index is 656. The van der Waals surface area contributed by atoms with Gasteiger partial charge in [0.15, 0.2) is 11.5 Å². The van der Waals surface area contributed by atoms with E-state index in [1.165, 1.54) is 23.5 Å². The fraction of sp³-hybridized carbons (Fsp3) is 0.353. The van der Waals surface area contributed by atoms with Crippen molar-refractivity contribution in [2.75, 3.05) is 26.1 Å². The van der Waals surface area contributed by atoms with Gasteiger partial charge in [0.1, 0.15) is 10.0 Å². The normalized spacial score (nSPS) is 14.3. The van der Waals surface area contributed by atoms with Gasteiger partial charge in [0.05, 0.1) is 19.9 Å². The van der Waals surface area contributed by atoms with Crippen molar-refractivity contribution in [3.63, 3.8) is 0 Å². The molecule has 1 N–H and O–H groups in total. The molecular weight excluding hydrogens is 296 g/mol. The minimum Gasteiger partial charge on any atom is -0.493 e. The van der Waals surface area contributed by atoms with Crippen LogP contribution in [0, 0.1) is 0 Å². The highest BCUT2D eigenvalue weighted by atomic mass is 32.1. The van der Waals surface area contributed by atoms with E-state index < -0.39 is 0 Å². The Kier molecular flexibility index (Phi) is 4.63. The summed E-state index contributed by atoms with van der Waals surface area (Å²) in [6.07, 6.45) is 7.55. The number of anilines is 1. The van der Waals surface area contributed by atoms with Crippen LogP contribution in [0.3, 0.4) is 0 Å². The van der Waals surface area contributed by atoms with E-state index in [0.717, 1.165) is 35.0 Å². The second-order valence-corrected chi connectivity index (χ2v) is 6.16. The highest BCUT2D eigenvalue weighted by Crippen LogP contribution is 2.33. The predicted octanol–water partition coefficient (Wildman–Crippen LogP) is 4.08. The predicted molar refractivity (Wildman–Crippen MR) is 92.0 cm³/mol. The Balaban J connectivity index is 1.85. The molecule has 0 radical (unpaired) electrons. The van der Waals surface area contributed by atoms with Crippen LogP contribution in [0.5, 0.6) is 11.5 Å². The molecule has 4 nitrogen and oxygen atoms in total. The van der Waals surface area contributed by atoms with Crippen LogP contribution in [0.2, 0.25) is 0 Å². The number of para-hydroxylation sites is 1. The first-order valence-electron chi connectivity index (χ1n) is 7.44. The highest BCUT2D eigenvalue weighted by molar-refractivity contribution is 7.16. The summed E-state index contributed by atoms with van der Waals surface area (Å²) < 4.78 is 10.8. The van der Waals surface area contributed by atoms with E-state index in [1.54, 1.807) is 25.6 Å². The summed E-state index contributed by atoms with van der Waals surface area (Å²) in [4.78, 5) is 4.72. The number of aryl methyl sites for hydroxylation is 1. The standard InChI is InChI=1S/C17H20N2O2S/c1-20-14-8-5-6-12(16(14)21-2)9-10-15-19-13-7-3-4-11-18-17(13)22-15/h5-6,8-10,18H,3-4,7,11H2,1-2H3/b10-9+. The molecule has 0 spiro atoms. The summed E-state index contributed by atoms with van der Waals surface area (Å²) >= 11 is 1.71. The van der Waals surface area contributed by atoms with E-state index >= 15 is 0 Å². The zero-order valence-electron chi connectivity index (χ0n) is 12.9. The maximum absolute atomic E-state index is 5.45. The second kappa shape index (κ2) is 6.83. The fourth-order valence-corrected chi connectivity index (χ4v) is 3.51.